The minimum absolute atomic E-state index is 0.145. The predicted octanol–water partition coefficient (Wildman–Crippen LogP) is 4.41. The Bertz CT molecular complexity index is 1570. The molecule has 31 heavy (non-hydrogen) atoms. The van der Waals surface area contributed by atoms with Crippen LogP contribution in [0.3, 0.4) is 0 Å². The largest absolute Gasteiger partial charge is 0.397 e. The molecule has 6 rings (SSSR count). The molecule has 8 nitrogen and oxygen atoms in total. The van der Waals surface area contributed by atoms with Crippen molar-refractivity contribution in [1.82, 2.24) is 35.1 Å². The average molecular weight is 428 g/mol. The number of halogens is 1. The Kier molecular flexibility index (Phi) is 3.80. The molecule has 0 bridgehead atoms. The Hall–Kier alpha value is -4.18. The number of nitrogens with one attached hydrogen (secondary N) is 2. The van der Waals surface area contributed by atoms with E-state index in [1.54, 1.807) is 23.6 Å². The normalized spacial score (nSPS) is 11.5. The maximum atomic E-state index is 15.6. The fourth-order valence-corrected chi connectivity index (χ4v) is 4.30. The fraction of sp³-hybridized carbons (Fsp3) is 0. The number of imidazole rings is 1. The van der Waals surface area contributed by atoms with Crippen LogP contribution >= 0.6 is 11.3 Å². The summed E-state index contributed by atoms with van der Waals surface area (Å²) in [5.41, 5.74) is 9.95. The zero-order valence-electron chi connectivity index (χ0n) is 15.8. The van der Waals surface area contributed by atoms with Crippen LogP contribution < -0.4 is 5.73 Å². The molecule has 10 heteroatoms. The van der Waals surface area contributed by atoms with Gasteiger partial charge in [0.05, 0.1) is 33.2 Å². The van der Waals surface area contributed by atoms with Gasteiger partial charge in [0.15, 0.2) is 11.6 Å². The van der Waals surface area contributed by atoms with Gasteiger partial charge < -0.3 is 10.7 Å². The van der Waals surface area contributed by atoms with E-state index in [4.69, 9.17) is 10.7 Å². The first-order valence-electron chi connectivity index (χ1n) is 9.31. The molecule has 0 saturated heterocycles. The van der Waals surface area contributed by atoms with Crippen molar-refractivity contribution < 1.29 is 4.39 Å². The van der Waals surface area contributed by atoms with E-state index in [0.717, 1.165) is 16.1 Å². The topological polar surface area (TPSA) is 122 Å². The summed E-state index contributed by atoms with van der Waals surface area (Å²) in [6, 6.07) is 7.41. The number of nitrogens with zero attached hydrogens (tertiary/aromatic N) is 5. The van der Waals surface area contributed by atoms with E-state index >= 15 is 4.39 Å². The molecular formula is C21H13FN8S. The Morgan fingerprint density at radius 2 is 1.94 bits per heavy atom. The Balaban J connectivity index is 1.56. The number of rotatable bonds is 3. The number of nitrogens with two attached hydrogens (primary N) is 1. The molecule has 6 aromatic rings. The second-order valence-electron chi connectivity index (χ2n) is 6.91. The van der Waals surface area contributed by atoms with Gasteiger partial charge in [0.1, 0.15) is 22.6 Å². The number of hydrogen-bond acceptors (Lipinski definition) is 7. The zero-order valence-corrected chi connectivity index (χ0v) is 16.6. The summed E-state index contributed by atoms with van der Waals surface area (Å²) in [6.07, 6.45) is 6.27. The summed E-state index contributed by atoms with van der Waals surface area (Å²) in [5, 5.41) is 9.42. The predicted molar refractivity (Wildman–Crippen MR) is 118 cm³/mol. The number of fused-ring (bicyclic) bond motifs is 2. The molecule has 0 aromatic carbocycles. The maximum absolute atomic E-state index is 15.6. The SMILES string of the molecule is Nc1cncc(-c2ncc3[nH]nc(-c4nc5c(-c6cccs6)nccc5[nH]4)c3c2F)c1. The van der Waals surface area contributed by atoms with E-state index in [0.29, 0.717) is 33.8 Å². The maximum Gasteiger partial charge on any atom is 0.161 e. The summed E-state index contributed by atoms with van der Waals surface area (Å²) in [6.45, 7) is 0. The third-order valence-corrected chi connectivity index (χ3v) is 5.83. The van der Waals surface area contributed by atoms with Crippen LogP contribution in [0.15, 0.2) is 54.4 Å². The molecule has 0 saturated carbocycles. The summed E-state index contributed by atoms with van der Waals surface area (Å²) in [4.78, 5) is 21.7. The van der Waals surface area contributed by atoms with E-state index < -0.39 is 5.82 Å². The van der Waals surface area contributed by atoms with E-state index in [-0.39, 0.29) is 11.1 Å². The molecule has 0 atom stereocenters. The van der Waals surface area contributed by atoms with Gasteiger partial charge in [0.2, 0.25) is 0 Å². The molecule has 0 spiro atoms. The molecule has 0 radical (unpaired) electrons. The van der Waals surface area contributed by atoms with Gasteiger partial charge in [-0.2, -0.15) is 5.10 Å². The number of aromatic amines is 2. The van der Waals surface area contributed by atoms with Gasteiger partial charge in [-0.1, -0.05) is 6.07 Å². The minimum Gasteiger partial charge on any atom is -0.397 e. The highest BCUT2D eigenvalue weighted by atomic mass is 32.1. The van der Waals surface area contributed by atoms with Gasteiger partial charge in [0.25, 0.3) is 0 Å². The van der Waals surface area contributed by atoms with Gasteiger partial charge in [-0.25, -0.2) is 9.37 Å². The number of anilines is 1. The number of nitrogen functional groups attached to an aromatic ring is 1. The smallest absolute Gasteiger partial charge is 0.161 e. The summed E-state index contributed by atoms with van der Waals surface area (Å²) < 4.78 is 15.6. The van der Waals surface area contributed by atoms with Crippen LogP contribution in [0.2, 0.25) is 0 Å². The van der Waals surface area contributed by atoms with Crippen molar-refractivity contribution in [2.24, 2.45) is 0 Å². The van der Waals surface area contributed by atoms with Crippen molar-refractivity contribution in [2.45, 2.75) is 0 Å². The van der Waals surface area contributed by atoms with Crippen molar-refractivity contribution in [1.29, 1.82) is 0 Å². The summed E-state index contributed by atoms with van der Waals surface area (Å²) >= 11 is 1.58. The third-order valence-electron chi connectivity index (χ3n) is 4.96. The van der Waals surface area contributed by atoms with Crippen LogP contribution in [0.25, 0.3) is 55.3 Å². The second kappa shape index (κ2) is 6.67. The van der Waals surface area contributed by atoms with Crippen molar-refractivity contribution in [3.63, 3.8) is 0 Å². The highest BCUT2D eigenvalue weighted by Crippen LogP contribution is 2.34. The number of H-pyrrole nitrogens is 2. The lowest BCUT2D eigenvalue weighted by Gasteiger charge is -2.04. The van der Waals surface area contributed by atoms with E-state index in [1.165, 1.54) is 18.6 Å². The van der Waals surface area contributed by atoms with E-state index in [9.17, 15) is 0 Å². The van der Waals surface area contributed by atoms with Crippen LogP contribution in [0.5, 0.6) is 0 Å². The van der Waals surface area contributed by atoms with Crippen molar-refractivity contribution >= 4 is 39.0 Å². The van der Waals surface area contributed by atoms with E-state index in [1.807, 2.05) is 23.6 Å². The van der Waals surface area contributed by atoms with Crippen molar-refractivity contribution in [3.05, 3.63) is 60.3 Å². The molecule has 4 N–H and O–H groups in total. The first-order chi connectivity index (χ1) is 15.2. The molecule has 150 valence electrons. The zero-order chi connectivity index (χ0) is 20.9. The highest BCUT2D eigenvalue weighted by molar-refractivity contribution is 7.13. The molecule has 0 aliphatic rings. The first kappa shape index (κ1) is 17.7. The van der Waals surface area contributed by atoms with Crippen LogP contribution in [0, 0.1) is 5.82 Å². The third kappa shape index (κ3) is 2.76. The van der Waals surface area contributed by atoms with Gasteiger partial charge in [0, 0.05) is 24.2 Å². The van der Waals surface area contributed by atoms with Gasteiger partial charge in [-0.3, -0.25) is 20.1 Å². The molecule has 6 heterocycles. The number of aromatic nitrogens is 7. The number of pyridine rings is 3. The lowest BCUT2D eigenvalue weighted by atomic mass is 10.1. The van der Waals surface area contributed by atoms with Crippen LogP contribution in [-0.2, 0) is 0 Å². The van der Waals surface area contributed by atoms with Crippen LogP contribution in [0.1, 0.15) is 0 Å². The highest BCUT2D eigenvalue weighted by Gasteiger charge is 2.21. The standard InChI is InChI=1S/C21H13FN8S/c22-16-15-13(9-26-17(16)10-6-11(23)8-24-7-10)29-30-20(15)21-27-12-3-4-25-19(18(12)28-21)14-2-1-5-31-14/h1-9H,23H2,(H,27,28)(H,29,30). The van der Waals surface area contributed by atoms with Crippen molar-refractivity contribution in [2.75, 3.05) is 5.73 Å². The Morgan fingerprint density at radius 3 is 2.77 bits per heavy atom. The second-order valence-corrected chi connectivity index (χ2v) is 7.85. The summed E-state index contributed by atoms with van der Waals surface area (Å²) in [5.74, 6) is -0.0838. The quantitative estimate of drug-likeness (QED) is 0.384. The lowest BCUT2D eigenvalue weighted by Crippen LogP contribution is -1.94. The van der Waals surface area contributed by atoms with E-state index in [2.05, 4.69) is 30.1 Å². The monoisotopic (exact) mass is 428 g/mol. The molecule has 0 amide bonds. The average Bonchev–Trinajstić information content (AvgIpc) is 3.52. The van der Waals surface area contributed by atoms with Gasteiger partial charge in [-0.05, 0) is 23.6 Å². The molecule has 0 fully saturated rings. The molecule has 0 unspecified atom stereocenters. The summed E-state index contributed by atoms with van der Waals surface area (Å²) in [7, 11) is 0. The number of thiophene rings is 1. The van der Waals surface area contributed by atoms with Crippen molar-refractivity contribution in [3.8, 4) is 33.3 Å². The Morgan fingerprint density at radius 1 is 1.00 bits per heavy atom. The minimum atomic E-state index is -0.522. The van der Waals surface area contributed by atoms with Crippen LogP contribution in [-0.4, -0.2) is 35.1 Å². The molecular weight excluding hydrogens is 415 g/mol. The Labute approximate surface area is 178 Å². The molecule has 6 aromatic heterocycles. The molecule has 0 aliphatic carbocycles. The van der Waals surface area contributed by atoms with Crippen LogP contribution in [0.4, 0.5) is 10.1 Å². The molecule has 0 aliphatic heterocycles. The lowest BCUT2D eigenvalue weighted by molar-refractivity contribution is 0.638. The number of hydrogen-bond donors (Lipinski definition) is 3. The fourth-order valence-electron chi connectivity index (χ4n) is 3.58. The van der Waals surface area contributed by atoms with Gasteiger partial charge >= 0.3 is 0 Å². The first-order valence-corrected chi connectivity index (χ1v) is 10.2. The van der Waals surface area contributed by atoms with Gasteiger partial charge in [-0.15, -0.1) is 11.3 Å².